The van der Waals surface area contributed by atoms with Crippen LogP contribution in [-0.2, 0) is 4.79 Å². The Morgan fingerprint density at radius 2 is 0.964 bits per heavy atom. The van der Waals surface area contributed by atoms with Crippen molar-refractivity contribution in [3.63, 3.8) is 0 Å². The Hall–Kier alpha value is -2.22. The highest BCUT2D eigenvalue weighted by Gasteiger charge is 3.02. The predicted octanol–water partition coefficient (Wildman–Crippen LogP) is 4.80. The Morgan fingerprint density at radius 3 is 1.32 bits per heavy atom. The van der Waals surface area contributed by atoms with Crippen LogP contribution >= 0.6 is 0 Å². The summed E-state index contributed by atoms with van der Waals surface area (Å²) in [4.78, 5) is 11.5. The van der Waals surface area contributed by atoms with Gasteiger partial charge in [-0.2, -0.15) is 43.9 Å². The second kappa shape index (κ2) is 5.65. The van der Waals surface area contributed by atoms with E-state index in [9.17, 15) is 61.9 Å². The van der Waals surface area contributed by atoms with Crippen molar-refractivity contribution in [1.29, 1.82) is 0 Å². The quantitative estimate of drug-likeness (QED) is 0.662. The standard InChI is InChI=1S/C13H4F13NO/c14-4-2-1-3-5(15)6(4)27-7(28)8(16)9(17,18)11(21,22)13(25,26)12(23,24)10(8,19)20/h1-3H,(H,27,28). The average molecular weight is 437 g/mol. The lowest BCUT2D eigenvalue weighted by atomic mass is 9.71. The third-order valence-corrected chi connectivity index (χ3v) is 3.96. The van der Waals surface area contributed by atoms with Gasteiger partial charge in [0, 0.05) is 0 Å². The van der Waals surface area contributed by atoms with Crippen molar-refractivity contribution in [1.82, 2.24) is 0 Å². The van der Waals surface area contributed by atoms with E-state index in [-0.39, 0.29) is 12.1 Å². The van der Waals surface area contributed by atoms with E-state index in [1.165, 1.54) is 0 Å². The Morgan fingerprint density at radius 1 is 0.643 bits per heavy atom. The molecule has 0 unspecified atom stereocenters. The maximum atomic E-state index is 14.4. The second-order valence-electron chi connectivity index (χ2n) is 5.58. The molecule has 0 radical (unpaired) electrons. The Bertz CT molecular complexity index is 768. The lowest BCUT2D eigenvalue weighted by Gasteiger charge is -2.51. The SMILES string of the molecule is O=C(Nc1c(F)cccc1F)C1(F)C(F)(F)C(F)(F)C(F)(F)C(F)(F)C1(F)F. The van der Waals surface area contributed by atoms with Crippen LogP contribution < -0.4 is 5.32 Å². The van der Waals surface area contributed by atoms with Crippen LogP contribution in [0.2, 0.25) is 0 Å². The zero-order valence-corrected chi connectivity index (χ0v) is 12.6. The summed E-state index contributed by atoms with van der Waals surface area (Å²) in [7, 11) is 0. The molecule has 0 heterocycles. The fraction of sp³-hybridized carbons (Fsp3) is 0.462. The molecular weight excluding hydrogens is 433 g/mol. The molecule has 1 saturated carbocycles. The molecular formula is C13H4F13NO. The maximum Gasteiger partial charge on any atom is 0.384 e. The minimum absolute atomic E-state index is 0.248. The molecule has 1 aliphatic carbocycles. The zero-order valence-electron chi connectivity index (χ0n) is 12.6. The molecule has 1 N–H and O–H groups in total. The molecule has 1 aromatic carbocycles. The summed E-state index contributed by atoms with van der Waals surface area (Å²) in [6, 6.07) is 1.06. The molecule has 0 bridgehead atoms. The smallest absolute Gasteiger partial charge is 0.318 e. The lowest BCUT2D eigenvalue weighted by Crippen LogP contribution is -2.86. The van der Waals surface area contributed by atoms with E-state index in [0.29, 0.717) is 11.4 Å². The van der Waals surface area contributed by atoms with Crippen LogP contribution in [0, 0.1) is 11.6 Å². The number of hydrogen-bond donors (Lipinski definition) is 1. The number of carbonyl (C=O) groups excluding carboxylic acids is 1. The molecule has 1 amide bonds. The van der Waals surface area contributed by atoms with Crippen molar-refractivity contribution in [2.75, 3.05) is 5.32 Å². The molecule has 0 aromatic heterocycles. The molecule has 0 atom stereocenters. The van der Waals surface area contributed by atoms with E-state index in [1.807, 2.05) is 0 Å². The first-order valence-electron chi connectivity index (χ1n) is 6.65. The third-order valence-electron chi connectivity index (χ3n) is 3.96. The number of rotatable bonds is 2. The summed E-state index contributed by atoms with van der Waals surface area (Å²) in [6.45, 7) is 0. The molecule has 1 fully saturated rings. The Kier molecular flexibility index (Phi) is 4.46. The first-order valence-corrected chi connectivity index (χ1v) is 6.65. The van der Waals surface area contributed by atoms with Gasteiger partial charge in [-0.25, -0.2) is 13.2 Å². The van der Waals surface area contributed by atoms with Gasteiger partial charge in [0.1, 0.15) is 17.3 Å². The van der Waals surface area contributed by atoms with Crippen LogP contribution in [-0.4, -0.2) is 41.2 Å². The zero-order chi connectivity index (χ0) is 22.1. The number of para-hydroxylation sites is 1. The average Bonchev–Trinajstić information content (AvgIpc) is 2.55. The third kappa shape index (κ3) is 2.15. The number of amides is 1. The molecule has 15 heteroatoms. The first kappa shape index (κ1) is 22.1. The molecule has 0 spiro atoms. The molecule has 1 aliphatic rings. The van der Waals surface area contributed by atoms with Gasteiger partial charge < -0.3 is 5.32 Å². The highest BCUT2D eigenvalue weighted by atomic mass is 19.4. The Labute approximate surface area is 145 Å². The number of carbonyl (C=O) groups is 1. The second-order valence-corrected chi connectivity index (χ2v) is 5.58. The predicted molar refractivity (Wildman–Crippen MR) is 63.6 cm³/mol. The maximum absolute atomic E-state index is 14.4. The highest BCUT2D eigenvalue weighted by Crippen LogP contribution is 2.69. The molecule has 2 nitrogen and oxygen atoms in total. The van der Waals surface area contributed by atoms with Crippen molar-refractivity contribution in [2.45, 2.75) is 35.3 Å². The summed E-state index contributed by atoms with van der Waals surface area (Å²) in [6.07, 6.45) is 0. The van der Waals surface area contributed by atoms with E-state index in [2.05, 4.69) is 0 Å². The summed E-state index contributed by atoms with van der Waals surface area (Å²) < 4.78 is 175. The number of benzene rings is 1. The monoisotopic (exact) mass is 437 g/mol. The minimum Gasteiger partial charge on any atom is -0.318 e. The van der Waals surface area contributed by atoms with Gasteiger partial charge in [-0.1, -0.05) is 6.07 Å². The van der Waals surface area contributed by atoms with Gasteiger partial charge in [0.05, 0.1) is 0 Å². The van der Waals surface area contributed by atoms with Crippen molar-refractivity contribution < 1.29 is 61.9 Å². The summed E-state index contributed by atoms with van der Waals surface area (Å²) in [5.74, 6) is -45.1. The van der Waals surface area contributed by atoms with E-state index >= 15 is 0 Å². The first-order chi connectivity index (χ1) is 12.3. The van der Waals surface area contributed by atoms with Gasteiger partial charge in [0.2, 0.25) is 0 Å². The van der Waals surface area contributed by atoms with Crippen molar-refractivity contribution in [3.8, 4) is 0 Å². The normalized spacial score (nSPS) is 25.8. The number of hydrogen-bond acceptors (Lipinski definition) is 1. The molecule has 1 aromatic rings. The largest absolute Gasteiger partial charge is 0.384 e. The fourth-order valence-electron chi connectivity index (χ4n) is 2.32. The van der Waals surface area contributed by atoms with Crippen molar-refractivity contribution in [3.05, 3.63) is 29.8 Å². The van der Waals surface area contributed by atoms with Crippen molar-refractivity contribution >= 4 is 11.6 Å². The topological polar surface area (TPSA) is 29.1 Å². The van der Waals surface area contributed by atoms with Gasteiger partial charge >= 0.3 is 35.3 Å². The van der Waals surface area contributed by atoms with Gasteiger partial charge in [0.25, 0.3) is 5.91 Å². The number of anilines is 1. The van der Waals surface area contributed by atoms with Gasteiger partial charge in [-0.15, -0.1) is 0 Å². The summed E-state index contributed by atoms with van der Waals surface area (Å²) in [5, 5.41) is 0.367. The molecule has 0 aliphatic heterocycles. The highest BCUT2D eigenvalue weighted by molar-refractivity contribution is 6.00. The summed E-state index contributed by atoms with van der Waals surface area (Å²) in [5.41, 5.74) is -9.00. The van der Waals surface area contributed by atoms with E-state index < -0.39 is 58.5 Å². The lowest BCUT2D eigenvalue weighted by molar-refractivity contribution is -0.475. The van der Waals surface area contributed by atoms with Crippen LogP contribution in [0.5, 0.6) is 0 Å². The summed E-state index contributed by atoms with van der Waals surface area (Å²) >= 11 is 0. The van der Waals surface area contributed by atoms with E-state index in [0.717, 1.165) is 0 Å². The van der Waals surface area contributed by atoms with Crippen LogP contribution in [0.1, 0.15) is 0 Å². The molecule has 2 rings (SSSR count). The van der Waals surface area contributed by atoms with Crippen LogP contribution in [0.3, 0.4) is 0 Å². The molecule has 158 valence electrons. The van der Waals surface area contributed by atoms with Crippen LogP contribution in [0.15, 0.2) is 18.2 Å². The van der Waals surface area contributed by atoms with Crippen molar-refractivity contribution in [2.24, 2.45) is 0 Å². The molecule has 28 heavy (non-hydrogen) atoms. The van der Waals surface area contributed by atoms with Gasteiger partial charge in [0.15, 0.2) is 0 Å². The van der Waals surface area contributed by atoms with Crippen LogP contribution in [0.25, 0.3) is 0 Å². The number of nitrogens with one attached hydrogen (secondary N) is 1. The van der Waals surface area contributed by atoms with E-state index in [4.69, 9.17) is 0 Å². The number of alkyl halides is 11. The van der Waals surface area contributed by atoms with E-state index in [1.54, 1.807) is 0 Å². The van der Waals surface area contributed by atoms with Gasteiger partial charge in [-0.3, -0.25) is 4.79 Å². The van der Waals surface area contributed by atoms with Crippen LogP contribution in [0.4, 0.5) is 62.8 Å². The Balaban J connectivity index is 2.73. The number of halogens is 13. The van der Waals surface area contributed by atoms with Gasteiger partial charge in [-0.05, 0) is 12.1 Å². The fourth-order valence-corrected chi connectivity index (χ4v) is 2.32. The minimum atomic E-state index is -7.51. The molecule has 0 saturated heterocycles.